The van der Waals surface area contributed by atoms with Crippen molar-refractivity contribution in [1.29, 1.82) is 0 Å². The number of hydrogen-bond acceptors (Lipinski definition) is 6. The number of aromatic nitrogens is 3. The summed E-state index contributed by atoms with van der Waals surface area (Å²) in [5.74, 6) is 0.222. The number of aryl methyl sites for hydroxylation is 1. The summed E-state index contributed by atoms with van der Waals surface area (Å²) in [6.45, 7) is 2.01. The van der Waals surface area contributed by atoms with Crippen molar-refractivity contribution in [2.75, 3.05) is 5.75 Å². The molecule has 0 spiro atoms. The molecule has 158 valence electrons. The van der Waals surface area contributed by atoms with Crippen LogP contribution >= 0.6 is 35.3 Å². The van der Waals surface area contributed by atoms with Gasteiger partial charge in [-0.15, -0.1) is 0 Å². The third kappa shape index (κ3) is 4.24. The van der Waals surface area contributed by atoms with Crippen molar-refractivity contribution < 1.29 is 4.79 Å². The van der Waals surface area contributed by atoms with Crippen LogP contribution in [0.3, 0.4) is 0 Å². The van der Waals surface area contributed by atoms with E-state index >= 15 is 0 Å². The molecule has 1 aromatic carbocycles. The minimum absolute atomic E-state index is 0.0118. The zero-order valence-corrected chi connectivity index (χ0v) is 19.5. The zero-order chi connectivity index (χ0) is 21.3. The van der Waals surface area contributed by atoms with Crippen LogP contribution in [-0.4, -0.2) is 31.8 Å². The lowest BCUT2D eigenvalue weighted by atomic mass is 9.95. The number of carbonyl (C=O) groups excluding carboxylic acids is 1. The molecule has 0 saturated heterocycles. The van der Waals surface area contributed by atoms with Crippen LogP contribution in [-0.2, 0) is 11.8 Å². The molecule has 9 heteroatoms. The predicted molar refractivity (Wildman–Crippen MR) is 125 cm³/mol. The van der Waals surface area contributed by atoms with Crippen molar-refractivity contribution in [1.82, 2.24) is 19.4 Å². The molecule has 4 rings (SSSR count). The van der Waals surface area contributed by atoms with E-state index in [4.69, 9.17) is 17.2 Å². The molecule has 6 nitrogen and oxygen atoms in total. The largest absolute Gasteiger partial charge is 0.353 e. The molecule has 1 amide bonds. The second kappa shape index (κ2) is 9.03. The molecule has 30 heavy (non-hydrogen) atoms. The van der Waals surface area contributed by atoms with Crippen LogP contribution in [0, 0.1) is 10.9 Å². The Labute approximate surface area is 188 Å². The van der Waals surface area contributed by atoms with E-state index in [1.54, 1.807) is 7.05 Å². The molecule has 2 heterocycles. The van der Waals surface area contributed by atoms with E-state index in [-0.39, 0.29) is 23.3 Å². The van der Waals surface area contributed by atoms with Crippen LogP contribution in [0.4, 0.5) is 0 Å². The van der Waals surface area contributed by atoms with E-state index in [0.29, 0.717) is 19.5 Å². The van der Waals surface area contributed by atoms with Crippen molar-refractivity contribution >= 4 is 51.6 Å². The Balaban J connectivity index is 1.64. The molecule has 0 bridgehead atoms. The van der Waals surface area contributed by atoms with Crippen molar-refractivity contribution in [2.45, 2.75) is 50.2 Å². The number of thioether (sulfide) groups is 1. The number of amides is 1. The summed E-state index contributed by atoms with van der Waals surface area (Å²) < 4.78 is 4.48. The van der Waals surface area contributed by atoms with Crippen molar-refractivity contribution in [3.63, 3.8) is 0 Å². The molecule has 1 aliphatic carbocycles. The van der Waals surface area contributed by atoms with Gasteiger partial charge in [-0.2, -0.15) is 0 Å². The van der Waals surface area contributed by atoms with Gasteiger partial charge >= 0.3 is 0 Å². The molecule has 0 aliphatic heterocycles. The van der Waals surface area contributed by atoms with Gasteiger partial charge in [0.2, 0.25) is 5.91 Å². The predicted octanol–water partition coefficient (Wildman–Crippen LogP) is 4.36. The number of carbonyl (C=O) groups is 1. The Bertz CT molecular complexity index is 1210. The Hall–Kier alpha value is -1.97. The molecule has 1 fully saturated rings. The Morgan fingerprint density at radius 3 is 2.77 bits per heavy atom. The van der Waals surface area contributed by atoms with Crippen LogP contribution in [0.15, 0.2) is 34.2 Å². The van der Waals surface area contributed by atoms with Gasteiger partial charge in [-0.05, 0) is 43.6 Å². The Kier molecular flexibility index (Phi) is 6.40. The summed E-state index contributed by atoms with van der Waals surface area (Å²) in [7, 11) is 1.69. The molecular weight excluding hydrogens is 436 g/mol. The molecule has 1 saturated carbocycles. The van der Waals surface area contributed by atoms with Gasteiger partial charge in [-0.1, -0.05) is 60.6 Å². The lowest BCUT2D eigenvalue weighted by molar-refractivity contribution is -0.119. The second-order valence-corrected chi connectivity index (χ2v) is 10.2. The summed E-state index contributed by atoms with van der Waals surface area (Å²) in [5, 5.41) is 3.63. The number of nitrogens with zero attached hydrogens (tertiary/aromatic N) is 3. The van der Waals surface area contributed by atoms with Gasteiger partial charge in [0.1, 0.15) is 4.70 Å². The number of benzene rings is 1. The molecule has 0 radical (unpaired) electrons. The number of fused-ring (bicyclic) bond motifs is 1. The molecule has 0 atom stereocenters. The topological polar surface area (TPSA) is 68.9 Å². The highest BCUT2D eigenvalue weighted by Crippen LogP contribution is 2.27. The highest BCUT2D eigenvalue weighted by molar-refractivity contribution is 7.99. The van der Waals surface area contributed by atoms with Gasteiger partial charge in [0.15, 0.2) is 14.8 Å². The van der Waals surface area contributed by atoms with Gasteiger partial charge in [-0.3, -0.25) is 18.7 Å². The standard InChI is InChI=1S/C21H24N4O2S3/c1-13-8-6-7-11-15(13)25-18-17(30-21(25)28)19(27)24(2)20(23-18)29-12-16(26)22-14-9-4-3-5-10-14/h6-8,11,14H,3-5,9-10,12H2,1-2H3,(H,22,26). The zero-order valence-electron chi connectivity index (χ0n) is 17.0. The minimum atomic E-state index is -0.140. The van der Waals surface area contributed by atoms with E-state index in [9.17, 15) is 9.59 Å². The van der Waals surface area contributed by atoms with E-state index in [2.05, 4.69) is 5.32 Å². The van der Waals surface area contributed by atoms with Crippen molar-refractivity contribution in [3.8, 4) is 5.69 Å². The highest BCUT2D eigenvalue weighted by atomic mass is 32.2. The van der Waals surface area contributed by atoms with Gasteiger partial charge in [-0.25, -0.2) is 4.98 Å². The first-order valence-electron chi connectivity index (χ1n) is 10.1. The van der Waals surface area contributed by atoms with Crippen LogP contribution in [0.1, 0.15) is 37.7 Å². The summed E-state index contributed by atoms with van der Waals surface area (Å²) in [4.78, 5) is 30.1. The van der Waals surface area contributed by atoms with Crippen molar-refractivity contribution in [2.24, 2.45) is 7.05 Å². The van der Waals surface area contributed by atoms with Gasteiger partial charge in [0.05, 0.1) is 11.4 Å². The first kappa shape index (κ1) is 21.3. The van der Waals surface area contributed by atoms with E-state index in [0.717, 1.165) is 24.1 Å². The van der Waals surface area contributed by atoms with Crippen LogP contribution in [0.5, 0.6) is 0 Å². The van der Waals surface area contributed by atoms with Gasteiger partial charge < -0.3 is 5.32 Å². The fourth-order valence-corrected chi connectivity index (χ4v) is 5.92. The van der Waals surface area contributed by atoms with Crippen LogP contribution in [0.2, 0.25) is 0 Å². The molecule has 1 N–H and O–H groups in total. The third-order valence-electron chi connectivity index (χ3n) is 5.43. The lowest BCUT2D eigenvalue weighted by Crippen LogP contribution is -2.37. The fraction of sp³-hybridized carbons (Fsp3) is 0.429. The smallest absolute Gasteiger partial charge is 0.273 e. The number of thiazole rings is 1. The average Bonchev–Trinajstić information content (AvgIpc) is 3.07. The number of nitrogens with one attached hydrogen (secondary N) is 1. The summed E-state index contributed by atoms with van der Waals surface area (Å²) >= 11 is 8.12. The number of para-hydroxylation sites is 1. The van der Waals surface area contributed by atoms with Gasteiger partial charge in [0.25, 0.3) is 5.56 Å². The normalized spacial score (nSPS) is 14.9. The number of rotatable bonds is 5. The Morgan fingerprint density at radius 2 is 2.03 bits per heavy atom. The van der Waals surface area contributed by atoms with Crippen molar-refractivity contribution in [3.05, 3.63) is 44.1 Å². The first-order valence-corrected chi connectivity index (χ1v) is 12.3. The SMILES string of the molecule is Cc1ccccc1-n1c(=S)sc2c(=O)n(C)c(SCC(=O)NC3CCCCC3)nc21. The molecule has 1 aliphatic rings. The maximum Gasteiger partial charge on any atom is 0.273 e. The summed E-state index contributed by atoms with van der Waals surface area (Å²) in [6, 6.07) is 8.16. The monoisotopic (exact) mass is 460 g/mol. The van der Waals surface area contributed by atoms with E-state index in [1.165, 1.54) is 46.9 Å². The number of hydrogen-bond donors (Lipinski definition) is 1. The maximum atomic E-state index is 13.0. The maximum absolute atomic E-state index is 13.0. The Morgan fingerprint density at radius 1 is 1.30 bits per heavy atom. The molecule has 2 aromatic heterocycles. The van der Waals surface area contributed by atoms with E-state index < -0.39 is 0 Å². The van der Waals surface area contributed by atoms with Gasteiger partial charge in [0, 0.05) is 13.1 Å². The van der Waals surface area contributed by atoms with Crippen LogP contribution < -0.4 is 10.9 Å². The van der Waals surface area contributed by atoms with Crippen LogP contribution in [0.25, 0.3) is 16.0 Å². The first-order chi connectivity index (χ1) is 14.5. The second-order valence-electron chi connectivity index (χ2n) is 7.59. The lowest BCUT2D eigenvalue weighted by Gasteiger charge is -2.22. The minimum Gasteiger partial charge on any atom is -0.353 e. The molecular formula is C21H24N4O2S3. The summed E-state index contributed by atoms with van der Waals surface area (Å²) in [5.41, 5.74) is 2.38. The summed E-state index contributed by atoms with van der Waals surface area (Å²) in [6.07, 6.45) is 5.69. The molecule has 0 unspecified atom stereocenters. The molecule has 3 aromatic rings. The fourth-order valence-electron chi connectivity index (χ4n) is 3.81. The third-order valence-corrected chi connectivity index (χ3v) is 7.81. The van der Waals surface area contributed by atoms with E-state index in [1.807, 2.05) is 35.8 Å². The quantitative estimate of drug-likeness (QED) is 0.348. The average molecular weight is 461 g/mol. The highest BCUT2D eigenvalue weighted by Gasteiger charge is 2.19.